The third-order valence-corrected chi connectivity index (χ3v) is 6.92. The fraction of sp³-hybridized carbons (Fsp3) is 0.417. The van der Waals surface area contributed by atoms with Crippen LogP contribution in [-0.2, 0) is 11.3 Å². The van der Waals surface area contributed by atoms with E-state index in [2.05, 4.69) is 10.2 Å². The molecule has 2 amide bonds. The lowest BCUT2D eigenvalue weighted by Crippen LogP contribution is -2.38. The molecule has 0 unspecified atom stereocenters. The van der Waals surface area contributed by atoms with Crippen LogP contribution < -0.4 is 5.32 Å². The van der Waals surface area contributed by atoms with Crippen LogP contribution in [0.4, 0.5) is 5.69 Å². The first kappa shape index (κ1) is 22.1. The number of piperidine rings is 1. The van der Waals surface area contributed by atoms with Crippen LogP contribution in [0.2, 0.25) is 10.0 Å². The van der Waals surface area contributed by atoms with Gasteiger partial charge in [0.25, 0.3) is 5.91 Å². The predicted octanol–water partition coefficient (Wildman–Crippen LogP) is 5.08. The maximum absolute atomic E-state index is 12.9. The van der Waals surface area contributed by atoms with E-state index in [0.717, 1.165) is 57.4 Å². The van der Waals surface area contributed by atoms with E-state index in [-0.39, 0.29) is 17.7 Å². The van der Waals surface area contributed by atoms with E-state index in [1.165, 1.54) is 0 Å². The first-order valence-electron chi connectivity index (χ1n) is 10.9. The fourth-order valence-corrected chi connectivity index (χ4v) is 4.88. The summed E-state index contributed by atoms with van der Waals surface area (Å²) in [5.74, 6) is -0.0927. The van der Waals surface area contributed by atoms with Gasteiger partial charge in [0.1, 0.15) is 0 Å². The Bertz CT molecular complexity index is 931. The Balaban J connectivity index is 1.35. The molecule has 0 atom stereocenters. The molecule has 2 aliphatic heterocycles. The van der Waals surface area contributed by atoms with Crippen molar-refractivity contribution in [3.63, 3.8) is 0 Å². The molecular formula is C24H27Cl2N3O2. The molecule has 2 fully saturated rings. The molecule has 4 rings (SSSR count). The van der Waals surface area contributed by atoms with Crippen molar-refractivity contribution >= 4 is 40.7 Å². The van der Waals surface area contributed by atoms with Crippen molar-refractivity contribution in [1.82, 2.24) is 9.80 Å². The molecule has 31 heavy (non-hydrogen) atoms. The molecule has 0 spiro atoms. The summed E-state index contributed by atoms with van der Waals surface area (Å²) in [7, 11) is 0. The van der Waals surface area contributed by atoms with Crippen LogP contribution in [0, 0.1) is 5.92 Å². The number of para-hydroxylation sites is 1. The molecular weight excluding hydrogens is 433 g/mol. The lowest BCUT2D eigenvalue weighted by molar-refractivity contribution is -0.121. The molecule has 7 heteroatoms. The van der Waals surface area contributed by atoms with Gasteiger partial charge in [0.05, 0.1) is 11.3 Å². The highest BCUT2D eigenvalue weighted by molar-refractivity contribution is 6.35. The Kier molecular flexibility index (Phi) is 7.16. The van der Waals surface area contributed by atoms with Crippen molar-refractivity contribution in [2.75, 3.05) is 31.5 Å². The van der Waals surface area contributed by atoms with E-state index >= 15 is 0 Å². The highest BCUT2D eigenvalue weighted by Gasteiger charge is 2.27. The van der Waals surface area contributed by atoms with Crippen LogP contribution in [0.1, 0.15) is 41.6 Å². The molecule has 0 aliphatic carbocycles. The van der Waals surface area contributed by atoms with Gasteiger partial charge in [0.2, 0.25) is 5.91 Å². The predicted molar refractivity (Wildman–Crippen MR) is 125 cm³/mol. The summed E-state index contributed by atoms with van der Waals surface area (Å²) in [6, 6.07) is 12.9. The minimum Gasteiger partial charge on any atom is -0.339 e. The van der Waals surface area contributed by atoms with Gasteiger partial charge in [-0.1, -0.05) is 41.4 Å². The maximum Gasteiger partial charge on any atom is 0.255 e. The summed E-state index contributed by atoms with van der Waals surface area (Å²) in [4.78, 5) is 29.9. The molecule has 0 bridgehead atoms. The van der Waals surface area contributed by atoms with E-state index in [0.29, 0.717) is 27.8 Å². The Morgan fingerprint density at radius 2 is 1.55 bits per heavy atom. The van der Waals surface area contributed by atoms with Crippen LogP contribution in [-0.4, -0.2) is 47.8 Å². The third-order valence-electron chi connectivity index (χ3n) is 6.21. The topological polar surface area (TPSA) is 52.7 Å². The molecule has 2 aromatic carbocycles. The minimum atomic E-state index is -0.0760. The lowest BCUT2D eigenvalue weighted by Gasteiger charge is -2.31. The van der Waals surface area contributed by atoms with Gasteiger partial charge in [-0.3, -0.25) is 14.5 Å². The fourth-order valence-electron chi connectivity index (χ4n) is 4.36. The SMILES string of the molecule is O=C(Nc1ccccc1C(=O)N1CCCC1)C1CCN(Cc2c(Cl)cccc2Cl)CC1. The summed E-state index contributed by atoms with van der Waals surface area (Å²) in [6.45, 7) is 3.85. The number of hydrogen-bond donors (Lipinski definition) is 1. The second kappa shape index (κ2) is 10.0. The van der Waals surface area contributed by atoms with Crippen LogP contribution in [0.3, 0.4) is 0 Å². The number of halogens is 2. The molecule has 0 aromatic heterocycles. The van der Waals surface area contributed by atoms with E-state index < -0.39 is 0 Å². The lowest BCUT2D eigenvalue weighted by atomic mass is 9.95. The van der Waals surface area contributed by atoms with Crippen LogP contribution in [0.15, 0.2) is 42.5 Å². The Hall–Kier alpha value is -2.08. The van der Waals surface area contributed by atoms with Gasteiger partial charge in [-0.15, -0.1) is 0 Å². The molecule has 2 heterocycles. The zero-order valence-corrected chi connectivity index (χ0v) is 19.0. The molecule has 0 radical (unpaired) electrons. The number of hydrogen-bond acceptors (Lipinski definition) is 3. The van der Waals surface area contributed by atoms with Crippen molar-refractivity contribution in [2.45, 2.75) is 32.2 Å². The number of likely N-dealkylation sites (tertiary alicyclic amines) is 2. The average molecular weight is 460 g/mol. The Morgan fingerprint density at radius 1 is 0.903 bits per heavy atom. The highest BCUT2D eigenvalue weighted by atomic mass is 35.5. The largest absolute Gasteiger partial charge is 0.339 e. The van der Waals surface area contributed by atoms with E-state index in [4.69, 9.17) is 23.2 Å². The van der Waals surface area contributed by atoms with E-state index in [1.807, 2.05) is 41.3 Å². The summed E-state index contributed by atoms with van der Waals surface area (Å²) in [5.41, 5.74) is 2.11. The number of carbonyl (C=O) groups excluding carboxylic acids is 2. The van der Waals surface area contributed by atoms with Crippen LogP contribution >= 0.6 is 23.2 Å². The summed E-state index contributed by atoms with van der Waals surface area (Å²) >= 11 is 12.6. The second-order valence-electron chi connectivity index (χ2n) is 8.28. The van der Waals surface area contributed by atoms with Crippen molar-refractivity contribution in [3.05, 3.63) is 63.6 Å². The quantitative estimate of drug-likeness (QED) is 0.677. The average Bonchev–Trinajstić information content (AvgIpc) is 3.32. The van der Waals surface area contributed by atoms with Gasteiger partial charge in [0.15, 0.2) is 0 Å². The van der Waals surface area contributed by atoms with Crippen molar-refractivity contribution < 1.29 is 9.59 Å². The minimum absolute atomic E-state index is 0.000150. The molecule has 1 N–H and O–H groups in total. The first-order chi connectivity index (χ1) is 15.0. The second-order valence-corrected chi connectivity index (χ2v) is 9.10. The number of nitrogens with zero attached hydrogens (tertiary/aromatic N) is 2. The van der Waals surface area contributed by atoms with Gasteiger partial charge in [0, 0.05) is 41.2 Å². The van der Waals surface area contributed by atoms with Crippen molar-refractivity contribution in [1.29, 1.82) is 0 Å². The van der Waals surface area contributed by atoms with Gasteiger partial charge >= 0.3 is 0 Å². The number of carbonyl (C=O) groups is 2. The van der Waals surface area contributed by atoms with Crippen molar-refractivity contribution in [2.24, 2.45) is 5.92 Å². The molecule has 164 valence electrons. The third kappa shape index (κ3) is 5.22. The molecule has 2 aromatic rings. The number of benzene rings is 2. The maximum atomic E-state index is 12.9. The van der Waals surface area contributed by atoms with E-state index in [1.54, 1.807) is 6.07 Å². The molecule has 2 aliphatic rings. The van der Waals surface area contributed by atoms with Gasteiger partial charge in [-0.05, 0) is 63.0 Å². The summed E-state index contributed by atoms with van der Waals surface area (Å²) in [6.07, 6.45) is 3.60. The zero-order chi connectivity index (χ0) is 21.8. The normalized spacial score (nSPS) is 17.7. The monoisotopic (exact) mass is 459 g/mol. The van der Waals surface area contributed by atoms with Crippen molar-refractivity contribution in [3.8, 4) is 0 Å². The number of anilines is 1. The van der Waals surface area contributed by atoms with Crippen LogP contribution in [0.25, 0.3) is 0 Å². The zero-order valence-electron chi connectivity index (χ0n) is 17.4. The number of nitrogens with one attached hydrogen (secondary N) is 1. The standard InChI is InChI=1S/C24H27Cl2N3O2/c25-20-7-5-8-21(26)19(20)16-28-14-10-17(11-15-28)23(30)27-22-9-2-1-6-18(22)24(31)29-12-3-4-13-29/h1-2,5-9,17H,3-4,10-16H2,(H,27,30). The smallest absolute Gasteiger partial charge is 0.255 e. The molecule has 2 saturated heterocycles. The van der Waals surface area contributed by atoms with Gasteiger partial charge < -0.3 is 10.2 Å². The first-order valence-corrected chi connectivity index (χ1v) is 11.6. The Labute approximate surface area is 193 Å². The highest BCUT2D eigenvalue weighted by Crippen LogP contribution is 2.28. The number of rotatable bonds is 5. The molecule has 5 nitrogen and oxygen atoms in total. The summed E-state index contributed by atoms with van der Waals surface area (Å²) in [5, 5.41) is 4.37. The van der Waals surface area contributed by atoms with Gasteiger partial charge in [-0.2, -0.15) is 0 Å². The van der Waals surface area contributed by atoms with Gasteiger partial charge in [-0.25, -0.2) is 0 Å². The Morgan fingerprint density at radius 3 is 2.23 bits per heavy atom. The number of amides is 2. The van der Waals surface area contributed by atoms with Crippen LogP contribution in [0.5, 0.6) is 0 Å². The summed E-state index contributed by atoms with van der Waals surface area (Å²) < 4.78 is 0. The van der Waals surface area contributed by atoms with E-state index in [9.17, 15) is 9.59 Å². The molecule has 0 saturated carbocycles.